The largest absolute Gasteiger partial charge is 0.305 e. The van der Waals surface area contributed by atoms with Crippen LogP contribution in [0.4, 0.5) is 0 Å². The maximum atomic E-state index is 8.77. The summed E-state index contributed by atoms with van der Waals surface area (Å²) in [4.78, 5) is 1.96. The molecule has 92 valence electrons. The fourth-order valence-electron chi connectivity index (χ4n) is 1.66. The molecule has 0 aliphatic heterocycles. The zero-order valence-corrected chi connectivity index (χ0v) is 12.4. The van der Waals surface area contributed by atoms with Crippen molar-refractivity contribution in [3.05, 3.63) is 56.2 Å². The summed E-state index contributed by atoms with van der Waals surface area (Å²) in [6.07, 6.45) is 0. The van der Waals surface area contributed by atoms with Crippen LogP contribution in [-0.4, -0.2) is 0 Å². The lowest BCUT2D eigenvalue weighted by Crippen LogP contribution is -2.17. The Morgan fingerprint density at radius 2 is 2.00 bits per heavy atom. The minimum absolute atomic E-state index is 0.297. The number of nitrogens with one attached hydrogen (secondary N) is 1. The summed E-state index contributed by atoms with van der Waals surface area (Å²) in [6.45, 7) is 2.94. The van der Waals surface area contributed by atoms with Gasteiger partial charge in [0.05, 0.1) is 0 Å². The van der Waals surface area contributed by atoms with Crippen LogP contribution in [0.15, 0.2) is 40.9 Å². The van der Waals surface area contributed by atoms with E-state index in [0.29, 0.717) is 6.04 Å². The van der Waals surface area contributed by atoms with Gasteiger partial charge in [-0.3, -0.25) is 0 Å². The molecule has 0 spiro atoms. The van der Waals surface area contributed by atoms with Gasteiger partial charge in [0.25, 0.3) is 0 Å². The SMILES string of the molecule is CC(NCc1ccc(C#N)s1)c1ccc(Br)cc1. The zero-order chi connectivity index (χ0) is 13.0. The van der Waals surface area contributed by atoms with E-state index in [1.165, 1.54) is 10.4 Å². The number of halogens is 1. The van der Waals surface area contributed by atoms with E-state index in [1.54, 1.807) is 11.3 Å². The van der Waals surface area contributed by atoms with E-state index in [2.05, 4.69) is 46.4 Å². The van der Waals surface area contributed by atoms with Gasteiger partial charge in [0.15, 0.2) is 0 Å². The van der Waals surface area contributed by atoms with Crippen LogP contribution in [0.3, 0.4) is 0 Å². The van der Waals surface area contributed by atoms with Crippen molar-refractivity contribution >= 4 is 27.3 Å². The first-order valence-corrected chi connectivity index (χ1v) is 7.27. The normalized spacial score (nSPS) is 12.1. The molecular weight excluding hydrogens is 308 g/mol. The van der Waals surface area contributed by atoms with Crippen molar-refractivity contribution in [1.82, 2.24) is 5.32 Å². The molecule has 0 aliphatic carbocycles. The van der Waals surface area contributed by atoms with Crippen LogP contribution in [0.2, 0.25) is 0 Å². The minimum Gasteiger partial charge on any atom is -0.305 e. The van der Waals surface area contributed by atoms with Gasteiger partial charge in [-0.1, -0.05) is 28.1 Å². The summed E-state index contributed by atoms with van der Waals surface area (Å²) < 4.78 is 1.09. The Labute approximate surface area is 119 Å². The highest BCUT2D eigenvalue weighted by Gasteiger charge is 2.05. The van der Waals surface area contributed by atoms with Crippen LogP contribution < -0.4 is 5.32 Å². The lowest BCUT2D eigenvalue weighted by atomic mass is 10.1. The predicted molar refractivity (Wildman–Crippen MR) is 78.4 cm³/mol. The maximum absolute atomic E-state index is 8.77. The molecule has 0 bridgehead atoms. The minimum atomic E-state index is 0.297. The highest BCUT2D eigenvalue weighted by Crippen LogP contribution is 2.19. The van der Waals surface area contributed by atoms with E-state index in [1.807, 2.05) is 24.3 Å². The Kier molecular flexibility index (Phi) is 4.54. The van der Waals surface area contributed by atoms with Crippen molar-refractivity contribution in [1.29, 1.82) is 5.26 Å². The molecule has 1 aromatic carbocycles. The van der Waals surface area contributed by atoms with E-state index in [4.69, 9.17) is 5.26 Å². The van der Waals surface area contributed by atoms with E-state index >= 15 is 0 Å². The fourth-order valence-corrected chi connectivity index (χ4v) is 2.68. The van der Waals surface area contributed by atoms with Crippen molar-refractivity contribution in [3.8, 4) is 6.07 Å². The average molecular weight is 321 g/mol. The first kappa shape index (κ1) is 13.3. The van der Waals surface area contributed by atoms with E-state index < -0.39 is 0 Å². The number of hydrogen-bond acceptors (Lipinski definition) is 3. The van der Waals surface area contributed by atoms with E-state index in [9.17, 15) is 0 Å². The van der Waals surface area contributed by atoms with Gasteiger partial charge >= 0.3 is 0 Å². The van der Waals surface area contributed by atoms with Gasteiger partial charge in [-0.15, -0.1) is 11.3 Å². The van der Waals surface area contributed by atoms with Crippen LogP contribution in [0, 0.1) is 11.3 Å². The summed E-state index contributed by atoms with van der Waals surface area (Å²) in [6, 6.07) is 14.6. The molecule has 1 heterocycles. The standard InChI is InChI=1S/C14H13BrN2S/c1-10(11-2-4-12(15)5-3-11)17-9-14-7-6-13(8-16)18-14/h2-7,10,17H,9H2,1H3. The smallest absolute Gasteiger partial charge is 0.110 e. The van der Waals surface area contributed by atoms with Gasteiger partial charge in [0.2, 0.25) is 0 Å². The number of nitriles is 1. The van der Waals surface area contributed by atoms with Gasteiger partial charge < -0.3 is 5.32 Å². The molecule has 2 aromatic rings. The lowest BCUT2D eigenvalue weighted by Gasteiger charge is -2.13. The molecule has 0 aliphatic rings. The lowest BCUT2D eigenvalue weighted by molar-refractivity contribution is 0.579. The second-order valence-corrected chi connectivity index (χ2v) is 6.12. The van der Waals surface area contributed by atoms with Crippen molar-refractivity contribution in [2.75, 3.05) is 0 Å². The molecule has 0 saturated heterocycles. The Morgan fingerprint density at radius 1 is 1.28 bits per heavy atom. The van der Waals surface area contributed by atoms with Gasteiger partial charge in [0.1, 0.15) is 10.9 Å². The van der Waals surface area contributed by atoms with Crippen LogP contribution in [0.25, 0.3) is 0 Å². The number of nitrogens with zero attached hydrogens (tertiary/aromatic N) is 1. The van der Waals surface area contributed by atoms with Gasteiger partial charge in [-0.2, -0.15) is 5.26 Å². The third-order valence-corrected chi connectivity index (χ3v) is 4.24. The zero-order valence-electron chi connectivity index (χ0n) is 9.98. The maximum Gasteiger partial charge on any atom is 0.110 e. The van der Waals surface area contributed by atoms with Crippen molar-refractivity contribution < 1.29 is 0 Å². The summed E-state index contributed by atoms with van der Waals surface area (Å²) in [5.74, 6) is 0. The Hall–Kier alpha value is -1.15. The molecule has 18 heavy (non-hydrogen) atoms. The summed E-state index contributed by atoms with van der Waals surface area (Å²) >= 11 is 4.97. The van der Waals surface area contributed by atoms with Crippen LogP contribution in [0.1, 0.15) is 28.3 Å². The third-order valence-electron chi connectivity index (χ3n) is 2.72. The number of rotatable bonds is 4. The topological polar surface area (TPSA) is 35.8 Å². The quantitative estimate of drug-likeness (QED) is 0.914. The highest BCUT2D eigenvalue weighted by atomic mass is 79.9. The first-order chi connectivity index (χ1) is 8.69. The first-order valence-electron chi connectivity index (χ1n) is 5.66. The Balaban J connectivity index is 1.94. The molecular formula is C14H13BrN2S. The van der Waals surface area contributed by atoms with Gasteiger partial charge in [-0.05, 0) is 36.8 Å². The van der Waals surface area contributed by atoms with Crippen LogP contribution in [0.5, 0.6) is 0 Å². The van der Waals surface area contributed by atoms with E-state index in [-0.39, 0.29) is 0 Å². The molecule has 0 fully saturated rings. The molecule has 0 radical (unpaired) electrons. The fraction of sp³-hybridized carbons (Fsp3) is 0.214. The average Bonchev–Trinajstić information content (AvgIpc) is 2.85. The molecule has 1 aromatic heterocycles. The van der Waals surface area contributed by atoms with Crippen LogP contribution >= 0.6 is 27.3 Å². The second kappa shape index (κ2) is 6.14. The van der Waals surface area contributed by atoms with Gasteiger partial charge in [0, 0.05) is 21.9 Å². The number of hydrogen-bond donors (Lipinski definition) is 1. The number of benzene rings is 1. The van der Waals surface area contributed by atoms with Crippen molar-refractivity contribution in [2.24, 2.45) is 0 Å². The third kappa shape index (κ3) is 3.42. The second-order valence-electron chi connectivity index (χ2n) is 4.03. The molecule has 0 saturated carbocycles. The molecule has 2 nitrogen and oxygen atoms in total. The molecule has 1 unspecified atom stereocenters. The predicted octanol–water partition coefficient (Wildman–Crippen LogP) is 4.23. The molecule has 1 atom stereocenters. The Morgan fingerprint density at radius 3 is 2.61 bits per heavy atom. The summed E-state index contributed by atoms with van der Waals surface area (Å²) in [5.41, 5.74) is 1.26. The molecule has 1 N–H and O–H groups in total. The van der Waals surface area contributed by atoms with Crippen molar-refractivity contribution in [3.63, 3.8) is 0 Å². The van der Waals surface area contributed by atoms with Crippen LogP contribution in [-0.2, 0) is 6.54 Å². The van der Waals surface area contributed by atoms with Gasteiger partial charge in [-0.25, -0.2) is 0 Å². The van der Waals surface area contributed by atoms with Crippen molar-refractivity contribution in [2.45, 2.75) is 19.5 Å². The Bertz CT molecular complexity index is 554. The monoisotopic (exact) mass is 320 g/mol. The summed E-state index contributed by atoms with van der Waals surface area (Å²) in [7, 11) is 0. The summed E-state index contributed by atoms with van der Waals surface area (Å²) in [5, 5.41) is 12.2. The molecule has 0 amide bonds. The molecule has 2 rings (SSSR count). The highest BCUT2D eigenvalue weighted by molar-refractivity contribution is 9.10. The number of thiophene rings is 1. The van der Waals surface area contributed by atoms with E-state index in [0.717, 1.165) is 15.9 Å². The molecule has 4 heteroatoms.